The molecule has 0 radical (unpaired) electrons. The number of benzene rings is 3. The van der Waals surface area contributed by atoms with Crippen molar-refractivity contribution in [1.29, 1.82) is 0 Å². The van der Waals surface area contributed by atoms with E-state index in [2.05, 4.69) is 5.32 Å². The van der Waals surface area contributed by atoms with Crippen molar-refractivity contribution in [1.82, 2.24) is 4.90 Å². The van der Waals surface area contributed by atoms with Crippen LogP contribution in [0.25, 0.3) is 0 Å². The zero-order chi connectivity index (χ0) is 25.2. The molecule has 0 saturated carbocycles. The lowest BCUT2D eigenvalue weighted by Gasteiger charge is -2.29. The summed E-state index contributed by atoms with van der Waals surface area (Å²) in [4.78, 5) is 31.0. The van der Waals surface area contributed by atoms with Crippen LogP contribution < -0.4 is 15.0 Å². The summed E-state index contributed by atoms with van der Waals surface area (Å²) < 4.78 is 5.93. The summed E-state index contributed by atoms with van der Waals surface area (Å²) in [5.41, 5.74) is 3.58. The highest BCUT2D eigenvalue weighted by Gasteiger charge is 2.35. The number of hydrogen-bond donors (Lipinski definition) is 1. The Kier molecular flexibility index (Phi) is 6.83. The van der Waals surface area contributed by atoms with Crippen LogP contribution >= 0.6 is 0 Å². The number of hydrogen-bond acceptors (Lipinski definition) is 4. The Bertz CT molecular complexity index is 1200. The number of anilines is 2. The van der Waals surface area contributed by atoms with Crippen LogP contribution in [0.5, 0.6) is 5.75 Å². The minimum atomic E-state index is -0.660. The quantitative estimate of drug-likeness (QED) is 0.541. The van der Waals surface area contributed by atoms with E-state index in [-0.39, 0.29) is 17.4 Å². The molecule has 3 aromatic rings. The molecular weight excluding hydrogens is 438 g/mol. The van der Waals surface area contributed by atoms with Crippen LogP contribution in [0.3, 0.4) is 0 Å². The van der Waals surface area contributed by atoms with Crippen LogP contribution in [0, 0.1) is 0 Å². The van der Waals surface area contributed by atoms with Gasteiger partial charge in [-0.15, -0.1) is 0 Å². The van der Waals surface area contributed by atoms with E-state index in [0.29, 0.717) is 24.2 Å². The number of rotatable bonds is 6. The van der Waals surface area contributed by atoms with Crippen LogP contribution in [0.1, 0.15) is 42.3 Å². The molecule has 1 heterocycles. The molecule has 2 amide bonds. The van der Waals surface area contributed by atoms with Gasteiger partial charge in [0.15, 0.2) is 0 Å². The lowest BCUT2D eigenvalue weighted by molar-refractivity contribution is -0.120. The number of fused-ring (bicyclic) bond motifs is 1. The van der Waals surface area contributed by atoms with E-state index in [1.165, 1.54) is 0 Å². The van der Waals surface area contributed by atoms with Gasteiger partial charge in [-0.25, -0.2) is 0 Å². The highest BCUT2D eigenvalue weighted by Crippen LogP contribution is 2.30. The lowest BCUT2D eigenvalue weighted by Crippen LogP contribution is -2.46. The molecule has 0 aromatic heterocycles. The van der Waals surface area contributed by atoms with Crippen molar-refractivity contribution in [3.05, 3.63) is 89.5 Å². The average molecular weight is 472 g/mol. The standard InChI is InChI=1S/C29H33N3O3/c1-29(2,3)35-23-14-11-20(12-15-23)17-26-27(33)30-25-16-13-22(31(4)5)18-24(25)28(34)32(26)19-21-9-7-6-8-10-21/h6-16,18,26H,17,19H2,1-5H3,(H,30,33)/t26-/m0/s1. The fourth-order valence-electron chi connectivity index (χ4n) is 4.19. The molecule has 1 aliphatic heterocycles. The van der Waals surface area contributed by atoms with E-state index in [1.54, 1.807) is 4.90 Å². The first kappa shape index (κ1) is 24.3. The van der Waals surface area contributed by atoms with E-state index >= 15 is 0 Å². The third-order valence-electron chi connectivity index (χ3n) is 5.92. The Labute approximate surface area is 207 Å². The Balaban J connectivity index is 1.68. The van der Waals surface area contributed by atoms with Crippen LogP contribution in [0.4, 0.5) is 11.4 Å². The van der Waals surface area contributed by atoms with Gasteiger partial charge in [0.2, 0.25) is 5.91 Å². The highest BCUT2D eigenvalue weighted by atomic mass is 16.5. The molecule has 182 valence electrons. The topological polar surface area (TPSA) is 61.9 Å². The summed E-state index contributed by atoms with van der Waals surface area (Å²) in [6.45, 7) is 6.35. The molecule has 35 heavy (non-hydrogen) atoms. The predicted molar refractivity (Wildman–Crippen MR) is 140 cm³/mol. The molecule has 1 N–H and O–H groups in total. The van der Waals surface area contributed by atoms with E-state index in [4.69, 9.17) is 4.74 Å². The second-order valence-electron chi connectivity index (χ2n) is 10.1. The summed E-state index contributed by atoms with van der Waals surface area (Å²) in [6, 6.07) is 22.4. The molecule has 6 nitrogen and oxygen atoms in total. The summed E-state index contributed by atoms with van der Waals surface area (Å²) >= 11 is 0. The van der Waals surface area contributed by atoms with E-state index in [1.807, 2.05) is 113 Å². The predicted octanol–water partition coefficient (Wildman–Crippen LogP) is 5.14. The van der Waals surface area contributed by atoms with Gasteiger partial charge in [0.25, 0.3) is 5.91 Å². The maximum atomic E-state index is 13.9. The second-order valence-corrected chi connectivity index (χ2v) is 10.1. The number of amides is 2. The molecule has 0 bridgehead atoms. The average Bonchev–Trinajstić information content (AvgIpc) is 2.90. The number of nitrogens with zero attached hydrogens (tertiary/aromatic N) is 2. The molecule has 0 unspecified atom stereocenters. The molecule has 0 fully saturated rings. The van der Waals surface area contributed by atoms with Crippen LogP contribution in [-0.2, 0) is 17.8 Å². The van der Waals surface area contributed by atoms with Crippen molar-refractivity contribution >= 4 is 23.2 Å². The molecular formula is C29H33N3O3. The first-order chi connectivity index (χ1) is 16.6. The zero-order valence-corrected chi connectivity index (χ0v) is 21.0. The molecule has 3 aromatic carbocycles. The Hall–Kier alpha value is -3.80. The lowest BCUT2D eigenvalue weighted by atomic mass is 10.0. The third-order valence-corrected chi connectivity index (χ3v) is 5.92. The first-order valence-electron chi connectivity index (χ1n) is 11.9. The van der Waals surface area contributed by atoms with Gasteiger partial charge in [-0.1, -0.05) is 42.5 Å². The molecule has 6 heteroatoms. The third kappa shape index (κ3) is 5.83. The van der Waals surface area contributed by atoms with Gasteiger partial charge in [-0.3, -0.25) is 9.59 Å². The summed E-state index contributed by atoms with van der Waals surface area (Å²) in [6.07, 6.45) is 0.398. The monoisotopic (exact) mass is 471 g/mol. The van der Waals surface area contributed by atoms with Crippen molar-refractivity contribution in [2.75, 3.05) is 24.3 Å². The number of carbonyl (C=O) groups is 2. The SMILES string of the molecule is CN(C)c1ccc2c(c1)C(=O)N(Cc1ccccc1)[C@@H](Cc1ccc(OC(C)(C)C)cc1)C(=O)N2. The summed E-state index contributed by atoms with van der Waals surface area (Å²) in [5.74, 6) is 0.414. The smallest absolute Gasteiger partial charge is 0.257 e. The first-order valence-corrected chi connectivity index (χ1v) is 11.9. The van der Waals surface area contributed by atoms with Crippen molar-refractivity contribution in [3.8, 4) is 5.75 Å². The fraction of sp³-hybridized carbons (Fsp3) is 0.310. The zero-order valence-electron chi connectivity index (χ0n) is 21.0. The molecule has 4 rings (SSSR count). The van der Waals surface area contributed by atoms with Gasteiger partial charge in [-0.05, 0) is 62.2 Å². The van der Waals surface area contributed by atoms with Crippen LogP contribution in [0.15, 0.2) is 72.8 Å². The summed E-state index contributed by atoms with van der Waals surface area (Å²) in [5, 5.41) is 3.00. The van der Waals surface area contributed by atoms with Crippen LogP contribution in [-0.4, -0.2) is 42.5 Å². The van der Waals surface area contributed by atoms with E-state index in [9.17, 15) is 9.59 Å². The molecule has 1 aliphatic rings. The molecule has 1 atom stereocenters. The molecule has 0 spiro atoms. The Morgan fingerprint density at radius 2 is 1.60 bits per heavy atom. The van der Waals surface area contributed by atoms with E-state index in [0.717, 1.165) is 22.6 Å². The minimum absolute atomic E-state index is 0.163. The largest absolute Gasteiger partial charge is 0.488 e. The number of nitrogens with one attached hydrogen (secondary N) is 1. The molecule has 0 aliphatic carbocycles. The van der Waals surface area contributed by atoms with Gasteiger partial charge < -0.3 is 19.9 Å². The van der Waals surface area contributed by atoms with Gasteiger partial charge in [0.05, 0.1) is 11.3 Å². The Morgan fingerprint density at radius 3 is 2.23 bits per heavy atom. The van der Waals surface area contributed by atoms with Crippen molar-refractivity contribution in [2.24, 2.45) is 0 Å². The van der Waals surface area contributed by atoms with Gasteiger partial charge in [-0.2, -0.15) is 0 Å². The van der Waals surface area contributed by atoms with Crippen LogP contribution in [0.2, 0.25) is 0 Å². The van der Waals surface area contributed by atoms with Gasteiger partial charge in [0, 0.05) is 32.7 Å². The number of carbonyl (C=O) groups excluding carboxylic acids is 2. The van der Waals surface area contributed by atoms with Crippen molar-refractivity contribution < 1.29 is 14.3 Å². The fourth-order valence-corrected chi connectivity index (χ4v) is 4.19. The highest BCUT2D eigenvalue weighted by molar-refractivity contribution is 6.10. The van der Waals surface area contributed by atoms with Crippen molar-refractivity contribution in [2.45, 2.75) is 45.4 Å². The van der Waals surface area contributed by atoms with Crippen molar-refractivity contribution in [3.63, 3.8) is 0 Å². The normalized spacial score (nSPS) is 15.8. The van der Waals surface area contributed by atoms with Gasteiger partial charge in [0.1, 0.15) is 17.4 Å². The maximum absolute atomic E-state index is 13.9. The maximum Gasteiger partial charge on any atom is 0.257 e. The minimum Gasteiger partial charge on any atom is -0.488 e. The van der Waals surface area contributed by atoms with E-state index < -0.39 is 6.04 Å². The summed E-state index contributed by atoms with van der Waals surface area (Å²) in [7, 11) is 3.86. The number of ether oxygens (including phenoxy) is 1. The van der Waals surface area contributed by atoms with Gasteiger partial charge >= 0.3 is 0 Å². The Morgan fingerprint density at radius 1 is 0.914 bits per heavy atom. The second kappa shape index (κ2) is 9.82. The molecule has 0 saturated heterocycles.